The summed E-state index contributed by atoms with van der Waals surface area (Å²) in [4.78, 5) is 13.6. The minimum absolute atomic E-state index is 0.305. The van der Waals surface area contributed by atoms with Crippen LogP contribution in [0.4, 0.5) is 0 Å². The van der Waals surface area contributed by atoms with E-state index in [1.807, 2.05) is 66.7 Å². The Kier molecular flexibility index (Phi) is 5.75. The molecule has 0 radical (unpaired) electrons. The van der Waals surface area contributed by atoms with Crippen LogP contribution < -0.4 is 4.74 Å². The molecule has 178 valence electrons. The van der Waals surface area contributed by atoms with E-state index in [4.69, 9.17) is 9.47 Å². The number of ether oxygens (including phenoxy) is 2. The fraction of sp³-hybridized carbons (Fsp3) is 0.367. The first-order valence-corrected chi connectivity index (χ1v) is 11.7. The van der Waals surface area contributed by atoms with Gasteiger partial charge in [-0.15, -0.1) is 0 Å². The van der Waals surface area contributed by atoms with Crippen molar-refractivity contribution in [2.24, 2.45) is 0 Å². The van der Waals surface area contributed by atoms with E-state index in [1.54, 1.807) is 0 Å². The quantitative estimate of drug-likeness (QED) is 0.451. The molecular formula is C30H34O4. The van der Waals surface area contributed by atoms with E-state index in [1.165, 1.54) is 7.11 Å². The molecule has 1 aliphatic heterocycles. The van der Waals surface area contributed by atoms with Gasteiger partial charge in [-0.05, 0) is 33.6 Å². The van der Waals surface area contributed by atoms with Crippen LogP contribution in [0.3, 0.4) is 0 Å². The monoisotopic (exact) mass is 458 g/mol. The molecule has 0 aliphatic carbocycles. The summed E-state index contributed by atoms with van der Waals surface area (Å²) in [5, 5.41) is 11.3. The van der Waals surface area contributed by atoms with Crippen LogP contribution in [-0.4, -0.2) is 18.2 Å². The van der Waals surface area contributed by atoms with Gasteiger partial charge in [-0.25, -0.2) is 4.79 Å². The summed E-state index contributed by atoms with van der Waals surface area (Å²) in [5.41, 5.74) is 2.23. The molecule has 3 aromatic rings. The Hall–Kier alpha value is -3.27. The molecule has 1 N–H and O–H groups in total. The van der Waals surface area contributed by atoms with Crippen LogP contribution in [0.5, 0.6) is 11.5 Å². The maximum absolute atomic E-state index is 13.6. The number of aromatic hydroxyl groups is 1. The minimum atomic E-state index is -1.39. The Labute approximate surface area is 202 Å². The van der Waals surface area contributed by atoms with E-state index in [0.717, 1.165) is 27.8 Å². The highest BCUT2D eigenvalue weighted by molar-refractivity contribution is 5.86. The molecule has 1 aliphatic rings. The average molecular weight is 459 g/mol. The van der Waals surface area contributed by atoms with Crippen molar-refractivity contribution in [1.82, 2.24) is 0 Å². The number of carbonyl (C=O) groups is 1. The summed E-state index contributed by atoms with van der Waals surface area (Å²) < 4.78 is 11.9. The summed E-state index contributed by atoms with van der Waals surface area (Å²) in [6.07, 6.45) is 0. The van der Waals surface area contributed by atoms with Gasteiger partial charge in [0.2, 0.25) is 5.60 Å². The summed E-state index contributed by atoms with van der Waals surface area (Å²) in [6, 6.07) is 21.4. The van der Waals surface area contributed by atoms with Crippen molar-refractivity contribution in [1.29, 1.82) is 0 Å². The first-order valence-electron chi connectivity index (χ1n) is 11.7. The zero-order valence-corrected chi connectivity index (χ0v) is 21.1. The molecule has 0 aromatic heterocycles. The second-order valence-corrected chi connectivity index (χ2v) is 11.1. The number of fused-ring (bicyclic) bond motifs is 1. The van der Waals surface area contributed by atoms with Crippen molar-refractivity contribution in [2.75, 3.05) is 7.11 Å². The molecule has 4 rings (SSSR count). The van der Waals surface area contributed by atoms with Crippen LogP contribution in [0.2, 0.25) is 0 Å². The van der Waals surface area contributed by atoms with Crippen LogP contribution >= 0.6 is 0 Å². The fourth-order valence-electron chi connectivity index (χ4n) is 4.98. The summed E-state index contributed by atoms with van der Waals surface area (Å²) in [5.74, 6) is 0.0488. The molecule has 2 atom stereocenters. The first-order chi connectivity index (χ1) is 15.9. The smallest absolute Gasteiger partial charge is 0.356 e. The first kappa shape index (κ1) is 23.9. The molecule has 0 unspecified atom stereocenters. The van der Waals surface area contributed by atoms with E-state index in [0.29, 0.717) is 11.5 Å². The van der Waals surface area contributed by atoms with Crippen molar-refractivity contribution in [3.05, 3.63) is 94.5 Å². The molecule has 4 heteroatoms. The third-order valence-corrected chi connectivity index (χ3v) is 6.68. The number of phenols is 1. The third kappa shape index (κ3) is 3.75. The van der Waals surface area contributed by atoms with Gasteiger partial charge in [-0.3, -0.25) is 0 Å². The summed E-state index contributed by atoms with van der Waals surface area (Å²) in [7, 11) is 1.40. The van der Waals surface area contributed by atoms with E-state index >= 15 is 0 Å². The molecule has 0 saturated heterocycles. The number of rotatable bonds is 3. The van der Waals surface area contributed by atoms with Crippen molar-refractivity contribution >= 4 is 5.97 Å². The zero-order valence-electron chi connectivity index (χ0n) is 21.1. The van der Waals surface area contributed by atoms with Crippen molar-refractivity contribution in [2.45, 2.75) is 63.9 Å². The maximum Gasteiger partial charge on any atom is 0.356 e. The van der Waals surface area contributed by atoms with Crippen molar-refractivity contribution in [3.8, 4) is 11.5 Å². The predicted octanol–water partition coefficient (Wildman–Crippen LogP) is 6.58. The van der Waals surface area contributed by atoms with E-state index in [9.17, 15) is 9.90 Å². The predicted molar refractivity (Wildman–Crippen MR) is 135 cm³/mol. The molecular weight excluding hydrogens is 424 g/mol. The molecule has 3 aromatic carbocycles. The second-order valence-electron chi connectivity index (χ2n) is 11.1. The number of hydrogen-bond acceptors (Lipinski definition) is 4. The summed E-state index contributed by atoms with van der Waals surface area (Å²) >= 11 is 0. The highest BCUT2D eigenvalue weighted by Gasteiger charge is 2.57. The molecule has 0 fully saturated rings. The van der Waals surface area contributed by atoms with Crippen LogP contribution in [0, 0.1) is 0 Å². The minimum Gasteiger partial charge on any atom is -0.507 e. The Morgan fingerprint density at radius 3 is 1.94 bits per heavy atom. The van der Waals surface area contributed by atoms with Gasteiger partial charge in [0.15, 0.2) is 0 Å². The fourth-order valence-corrected chi connectivity index (χ4v) is 4.98. The lowest BCUT2D eigenvalue weighted by Gasteiger charge is -2.35. The Balaban J connectivity index is 2.10. The number of para-hydroxylation sites is 1. The number of benzene rings is 3. The van der Waals surface area contributed by atoms with Crippen LogP contribution in [0.25, 0.3) is 0 Å². The van der Waals surface area contributed by atoms with Gasteiger partial charge in [-0.1, -0.05) is 102 Å². The third-order valence-electron chi connectivity index (χ3n) is 6.68. The molecule has 4 nitrogen and oxygen atoms in total. The Morgan fingerprint density at radius 1 is 0.882 bits per heavy atom. The largest absolute Gasteiger partial charge is 0.507 e. The Morgan fingerprint density at radius 2 is 1.41 bits per heavy atom. The molecule has 0 bridgehead atoms. The highest BCUT2D eigenvalue weighted by Crippen LogP contribution is 2.55. The van der Waals surface area contributed by atoms with Gasteiger partial charge in [-0.2, -0.15) is 0 Å². The number of phenolic OH excluding ortho intramolecular Hbond substituents is 1. The van der Waals surface area contributed by atoms with Crippen molar-refractivity contribution < 1.29 is 19.4 Å². The average Bonchev–Trinajstić information content (AvgIpc) is 3.14. The topological polar surface area (TPSA) is 55.8 Å². The number of esters is 1. The number of carbonyl (C=O) groups excluding carboxylic acids is 1. The molecule has 34 heavy (non-hydrogen) atoms. The van der Waals surface area contributed by atoms with E-state index < -0.39 is 17.5 Å². The van der Waals surface area contributed by atoms with Crippen LogP contribution in [0.15, 0.2) is 66.7 Å². The summed E-state index contributed by atoms with van der Waals surface area (Å²) in [6.45, 7) is 12.5. The van der Waals surface area contributed by atoms with Gasteiger partial charge in [0.1, 0.15) is 11.5 Å². The van der Waals surface area contributed by atoms with E-state index in [-0.39, 0.29) is 10.8 Å². The normalized spacial score (nSPS) is 19.9. The van der Waals surface area contributed by atoms with Crippen LogP contribution in [-0.2, 0) is 26.0 Å². The zero-order chi connectivity index (χ0) is 24.9. The van der Waals surface area contributed by atoms with Gasteiger partial charge in [0.25, 0.3) is 0 Å². The number of methoxy groups -OCH3 is 1. The van der Waals surface area contributed by atoms with Gasteiger partial charge in [0.05, 0.1) is 13.0 Å². The van der Waals surface area contributed by atoms with E-state index in [2.05, 4.69) is 41.5 Å². The molecule has 0 spiro atoms. The highest BCUT2D eigenvalue weighted by atomic mass is 16.6. The molecule has 1 heterocycles. The maximum atomic E-state index is 13.6. The SMILES string of the molecule is COC(=O)[C@]1(c2ccccc2)Oc2ccccc2[C@@H]1c1cc(C(C)(C)C)c(O)c(C(C)(C)C)c1. The molecule has 0 amide bonds. The van der Waals surface area contributed by atoms with Crippen LogP contribution in [0.1, 0.15) is 75.3 Å². The van der Waals surface area contributed by atoms with Gasteiger partial charge < -0.3 is 14.6 Å². The van der Waals surface area contributed by atoms with Gasteiger partial charge in [0, 0.05) is 11.1 Å². The lowest BCUT2D eigenvalue weighted by molar-refractivity contribution is -0.159. The second kappa shape index (κ2) is 8.19. The molecule has 0 saturated carbocycles. The lowest BCUT2D eigenvalue weighted by Crippen LogP contribution is -2.45. The van der Waals surface area contributed by atoms with Gasteiger partial charge >= 0.3 is 5.97 Å². The standard InChI is InChI=1S/C30H34O4/c1-28(2,3)22-17-19(18-23(26(22)31)29(4,5)6)25-21-15-11-12-16-24(21)34-30(25,27(32)33-7)20-13-9-8-10-14-20/h8-18,25,31H,1-7H3/t25-,30+/m0/s1. The Bertz CT molecular complexity index is 1180. The lowest BCUT2D eigenvalue weighted by atomic mass is 9.71. The van der Waals surface area contributed by atoms with Crippen molar-refractivity contribution in [3.63, 3.8) is 0 Å². The number of hydrogen-bond donors (Lipinski definition) is 1.